The summed E-state index contributed by atoms with van der Waals surface area (Å²) in [6.07, 6.45) is 0.201. The molecule has 2 aromatic carbocycles. The minimum atomic E-state index is -0.160. The highest BCUT2D eigenvalue weighted by atomic mass is 16.5. The van der Waals surface area contributed by atoms with Crippen molar-refractivity contribution in [3.05, 3.63) is 59.7 Å². The number of amides is 1. The van der Waals surface area contributed by atoms with Gasteiger partial charge in [0.15, 0.2) is 6.61 Å². The number of benzene rings is 2. The molecule has 22 heavy (non-hydrogen) atoms. The van der Waals surface area contributed by atoms with E-state index in [9.17, 15) is 4.79 Å². The highest BCUT2D eigenvalue weighted by molar-refractivity contribution is 5.92. The van der Waals surface area contributed by atoms with Crippen molar-refractivity contribution in [1.82, 2.24) is 0 Å². The molecule has 0 aliphatic rings. The summed E-state index contributed by atoms with van der Waals surface area (Å²) >= 11 is 0. The van der Waals surface area contributed by atoms with Crippen LogP contribution in [0.2, 0.25) is 0 Å². The zero-order valence-electron chi connectivity index (χ0n) is 12.0. The maximum atomic E-state index is 12.0. The van der Waals surface area contributed by atoms with E-state index >= 15 is 0 Å². The Balaban J connectivity index is 1.98. The van der Waals surface area contributed by atoms with Crippen LogP contribution in [-0.4, -0.2) is 17.6 Å². The summed E-state index contributed by atoms with van der Waals surface area (Å²) in [7, 11) is 0. The smallest absolute Gasteiger partial charge is 0.228 e. The van der Waals surface area contributed by atoms with Gasteiger partial charge in [0.05, 0.1) is 13.0 Å². The Morgan fingerprint density at radius 1 is 1.18 bits per heavy atom. The van der Waals surface area contributed by atoms with Crippen LogP contribution in [0.5, 0.6) is 5.75 Å². The van der Waals surface area contributed by atoms with E-state index < -0.39 is 0 Å². The van der Waals surface area contributed by atoms with Gasteiger partial charge in [0.1, 0.15) is 11.8 Å². The van der Waals surface area contributed by atoms with Crippen molar-refractivity contribution in [2.24, 2.45) is 0 Å². The van der Waals surface area contributed by atoms with Gasteiger partial charge in [-0.15, -0.1) is 0 Å². The predicted octanol–water partition coefficient (Wildman–Crippen LogP) is 2.26. The Bertz CT molecular complexity index is 692. The van der Waals surface area contributed by atoms with Crippen molar-refractivity contribution in [2.75, 3.05) is 11.9 Å². The molecular formula is C17H16N2O3. The third kappa shape index (κ3) is 4.62. The number of rotatable bonds is 6. The molecule has 5 heteroatoms. The number of nitriles is 1. The molecule has 1 amide bonds. The zero-order valence-corrected chi connectivity index (χ0v) is 12.0. The molecule has 0 atom stereocenters. The van der Waals surface area contributed by atoms with E-state index in [2.05, 4.69) is 5.32 Å². The van der Waals surface area contributed by atoms with Gasteiger partial charge < -0.3 is 15.2 Å². The number of carbonyl (C=O) groups is 1. The Labute approximate surface area is 128 Å². The molecule has 112 valence electrons. The van der Waals surface area contributed by atoms with Gasteiger partial charge in [-0.1, -0.05) is 24.3 Å². The summed E-state index contributed by atoms with van der Waals surface area (Å²) in [5, 5.41) is 20.4. The van der Waals surface area contributed by atoms with Crippen molar-refractivity contribution in [3.8, 4) is 11.8 Å². The van der Waals surface area contributed by atoms with Crippen molar-refractivity contribution in [1.29, 1.82) is 5.26 Å². The summed E-state index contributed by atoms with van der Waals surface area (Å²) in [5.74, 6) is 0.404. The summed E-state index contributed by atoms with van der Waals surface area (Å²) in [6.45, 7) is -0.0917. The fourth-order valence-corrected chi connectivity index (χ4v) is 2.00. The second kappa shape index (κ2) is 7.81. The molecule has 5 nitrogen and oxygen atoms in total. The minimum Gasteiger partial charge on any atom is -0.479 e. The highest BCUT2D eigenvalue weighted by Crippen LogP contribution is 2.15. The van der Waals surface area contributed by atoms with E-state index in [0.29, 0.717) is 11.4 Å². The normalized spacial score (nSPS) is 9.82. The van der Waals surface area contributed by atoms with Crippen molar-refractivity contribution >= 4 is 11.6 Å². The largest absolute Gasteiger partial charge is 0.479 e. The lowest BCUT2D eigenvalue weighted by Gasteiger charge is -2.08. The average molecular weight is 296 g/mol. The van der Waals surface area contributed by atoms with E-state index in [1.54, 1.807) is 42.5 Å². The fourth-order valence-electron chi connectivity index (χ4n) is 2.00. The van der Waals surface area contributed by atoms with Crippen LogP contribution in [0.15, 0.2) is 48.5 Å². The van der Waals surface area contributed by atoms with Crippen LogP contribution >= 0.6 is 0 Å². The lowest BCUT2D eigenvalue weighted by Crippen LogP contribution is -2.14. The number of ether oxygens (including phenoxy) is 1. The molecule has 2 rings (SSSR count). The second-order valence-electron chi connectivity index (χ2n) is 4.68. The van der Waals surface area contributed by atoms with Crippen LogP contribution in [0.1, 0.15) is 11.1 Å². The predicted molar refractivity (Wildman–Crippen MR) is 82.2 cm³/mol. The molecule has 0 aliphatic carbocycles. The fraction of sp³-hybridized carbons (Fsp3) is 0.176. The monoisotopic (exact) mass is 296 g/mol. The van der Waals surface area contributed by atoms with Crippen LogP contribution in [-0.2, 0) is 17.8 Å². The molecule has 2 aromatic rings. The molecule has 0 saturated carbocycles. The van der Waals surface area contributed by atoms with Crippen LogP contribution < -0.4 is 10.1 Å². The lowest BCUT2D eigenvalue weighted by atomic mass is 10.1. The topological polar surface area (TPSA) is 82.3 Å². The van der Waals surface area contributed by atoms with Gasteiger partial charge in [-0.3, -0.25) is 4.79 Å². The van der Waals surface area contributed by atoms with E-state index in [0.717, 1.165) is 11.1 Å². The quantitative estimate of drug-likeness (QED) is 0.856. The minimum absolute atomic E-state index is 0.0242. The Morgan fingerprint density at radius 3 is 2.73 bits per heavy atom. The number of carbonyl (C=O) groups excluding carboxylic acids is 1. The number of nitrogens with zero attached hydrogens (tertiary/aromatic N) is 1. The molecule has 2 N–H and O–H groups in total. The van der Waals surface area contributed by atoms with Gasteiger partial charge >= 0.3 is 0 Å². The van der Waals surface area contributed by atoms with Crippen molar-refractivity contribution in [2.45, 2.75) is 13.0 Å². The maximum absolute atomic E-state index is 12.0. The molecule has 0 spiro atoms. The molecule has 0 aliphatic heterocycles. The van der Waals surface area contributed by atoms with Crippen LogP contribution in [0.3, 0.4) is 0 Å². The van der Waals surface area contributed by atoms with E-state index in [1.807, 2.05) is 12.1 Å². The van der Waals surface area contributed by atoms with Gasteiger partial charge in [0.2, 0.25) is 5.91 Å². The summed E-state index contributed by atoms with van der Waals surface area (Å²) in [4.78, 5) is 12.0. The molecule has 0 radical (unpaired) electrons. The Hall–Kier alpha value is -2.84. The first-order valence-corrected chi connectivity index (χ1v) is 6.79. The van der Waals surface area contributed by atoms with E-state index in [-0.39, 0.29) is 25.5 Å². The number of hydrogen-bond acceptors (Lipinski definition) is 4. The van der Waals surface area contributed by atoms with E-state index in [1.165, 1.54) is 0 Å². The number of hydrogen-bond donors (Lipinski definition) is 2. The third-order valence-corrected chi connectivity index (χ3v) is 2.96. The molecule has 0 saturated heterocycles. The van der Waals surface area contributed by atoms with Gasteiger partial charge in [-0.05, 0) is 35.4 Å². The second-order valence-corrected chi connectivity index (χ2v) is 4.68. The van der Waals surface area contributed by atoms with Crippen LogP contribution in [0, 0.1) is 11.3 Å². The Morgan fingerprint density at radius 2 is 1.95 bits per heavy atom. The molecular weight excluding hydrogens is 280 g/mol. The number of aliphatic hydroxyl groups excluding tert-OH is 1. The number of anilines is 1. The number of nitrogens with one attached hydrogen (secondary N) is 1. The average Bonchev–Trinajstić information content (AvgIpc) is 2.53. The summed E-state index contributed by atoms with van der Waals surface area (Å²) in [6, 6.07) is 16.0. The molecule has 0 unspecified atom stereocenters. The van der Waals surface area contributed by atoms with Gasteiger partial charge in [0, 0.05) is 5.69 Å². The summed E-state index contributed by atoms with van der Waals surface area (Å²) < 4.78 is 5.21. The van der Waals surface area contributed by atoms with Gasteiger partial charge in [0.25, 0.3) is 0 Å². The first-order valence-electron chi connectivity index (χ1n) is 6.79. The first kappa shape index (κ1) is 15.5. The third-order valence-electron chi connectivity index (χ3n) is 2.96. The number of aliphatic hydroxyl groups is 1. The molecule has 0 bridgehead atoms. The molecule has 0 aromatic heterocycles. The van der Waals surface area contributed by atoms with E-state index in [4.69, 9.17) is 15.1 Å². The molecule has 0 heterocycles. The maximum Gasteiger partial charge on any atom is 0.228 e. The highest BCUT2D eigenvalue weighted by Gasteiger charge is 2.06. The zero-order chi connectivity index (χ0) is 15.8. The van der Waals surface area contributed by atoms with Gasteiger partial charge in [-0.25, -0.2) is 0 Å². The van der Waals surface area contributed by atoms with Crippen LogP contribution in [0.4, 0.5) is 5.69 Å². The Kier molecular flexibility index (Phi) is 5.52. The SMILES string of the molecule is N#CCOc1cccc(CC(=O)Nc2cccc(CO)c2)c1. The van der Waals surface area contributed by atoms with Crippen LogP contribution in [0.25, 0.3) is 0 Å². The van der Waals surface area contributed by atoms with Crippen molar-refractivity contribution < 1.29 is 14.6 Å². The standard InChI is InChI=1S/C17H16N2O3/c18-7-8-22-16-6-2-3-13(10-16)11-17(21)19-15-5-1-4-14(9-15)12-20/h1-6,9-10,20H,8,11-12H2,(H,19,21). The van der Waals surface area contributed by atoms with Gasteiger partial charge in [-0.2, -0.15) is 5.26 Å². The lowest BCUT2D eigenvalue weighted by molar-refractivity contribution is -0.115. The van der Waals surface area contributed by atoms with Crippen molar-refractivity contribution in [3.63, 3.8) is 0 Å². The first-order chi connectivity index (χ1) is 10.7. The summed E-state index contributed by atoms with van der Waals surface area (Å²) in [5.41, 5.74) is 2.18. The molecule has 0 fully saturated rings.